The van der Waals surface area contributed by atoms with Crippen molar-refractivity contribution in [2.24, 2.45) is 5.41 Å². The largest absolute Gasteiger partial charge is 0.392 e. The minimum atomic E-state index is -3.50. The van der Waals surface area contributed by atoms with Crippen LogP contribution < -0.4 is 4.72 Å². The van der Waals surface area contributed by atoms with Crippen molar-refractivity contribution in [3.63, 3.8) is 0 Å². The van der Waals surface area contributed by atoms with Gasteiger partial charge in [-0.1, -0.05) is 32.4 Å². The van der Waals surface area contributed by atoms with E-state index in [2.05, 4.69) is 18.6 Å². The second-order valence-electron chi connectivity index (χ2n) is 6.38. The molecule has 2 N–H and O–H groups in total. The van der Waals surface area contributed by atoms with Crippen molar-refractivity contribution < 1.29 is 13.5 Å². The summed E-state index contributed by atoms with van der Waals surface area (Å²) in [6, 6.07) is 6.46. The first kappa shape index (κ1) is 15.5. The summed E-state index contributed by atoms with van der Waals surface area (Å²) >= 11 is 0. The Hall–Kier alpha value is -0.910. The summed E-state index contributed by atoms with van der Waals surface area (Å²) in [4.78, 5) is 0.229. The lowest BCUT2D eigenvalue weighted by molar-refractivity contribution is 0.212. The number of benzene rings is 1. The third-order valence-corrected chi connectivity index (χ3v) is 5.44. The molecule has 1 atom stereocenters. The Morgan fingerprint density at radius 1 is 1.40 bits per heavy atom. The number of aliphatic hydroxyl groups is 1. The first-order valence-electron chi connectivity index (χ1n) is 7.05. The molecule has 0 bridgehead atoms. The van der Waals surface area contributed by atoms with Gasteiger partial charge in [-0.2, -0.15) is 0 Å². The highest BCUT2D eigenvalue weighted by atomic mass is 32.2. The predicted octanol–water partition coefficient (Wildman–Crippen LogP) is 2.43. The van der Waals surface area contributed by atoms with Gasteiger partial charge in [0.2, 0.25) is 10.0 Å². The van der Waals surface area contributed by atoms with Crippen LogP contribution in [0.1, 0.15) is 45.1 Å². The molecule has 1 aromatic carbocycles. The Labute approximate surface area is 121 Å². The third kappa shape index (κ3) is 3.81. The van der Waals surface area contributed by atoms with Crippen LogP contribution in [-0.4, -0.2) is 19.6 Å². The lowest BCUT2D eigenvalue weighted by atomic mass is 9.75. The molecule has 4 nitrogen and oxygen atoms in total. The summed E-state index contributed by atoms with van der Waals surface area (Å²) < 4.78 is 27.6. The van der Waals surface area contributed by atoms with Crippen molar-refractivity contribution in [2.45, 2.75) is 57.1 Å². The number of hydrogen-bond acceptors (Lipinski definition) is 3. The number of hydrogen-bond donors (Lipinski definition) is 2. The summed E-state index contributed by atoms with van der Waals surface area (Å²) in [5.74, 6) is 0. The Kier molecular flexibility index (Phi) is 4.52. The molecule has 2 rings (SSSR count). The molecule has 1 fully saturated rings. The molecule has 0 aromatic heterocycles. The topological polar surface area (TPSA) is 66.4 Å². The van der Waals surface area contributed by atoms with E-state index < -0.39 is 10.0 Å². The molecular formula is C15H23NO3S. The van der Waals surface area contributed by atoms with Gasteiger partial charge in [0.25, 0.3) is 0 Å². The second kappa shape index (κ2) is 5.84. The van der Waals surface area contributed by atoms with Gasteiger partial charge in [0, 0.05) is 6.04 Å². The zero-order chi connectivity index (χ0) is 14.8. The maximum absolute atomic E-state index is 12.4. The van der Waals surface area contributed by atoms with E-state index in [-0.39, 0.29) is 23.0 Å². The fourth-order valence-corrected chi connectivity index (χ4v) is 4.24. The maximum Gasteiger partial charge on any atom is 0.240 e. The van der Waals surface area contributed by atoms with Gasteiger partial charge in [-0.25, -0.2) is 13.1 Å². The zero-order valence-electron chi connectivity index (χ0n) is 12.1. The molecule has 0 radical (unpaired) electrons. The molecule has 1 aliphatic carbocycles. The summed E-state index contributed by atoms with van der Waals surface area (Å²) in [6.07, 6.45) is 3.95. The van der Waals surface area contributed by atoms with Crippen LogP contribution in [-0.2, 0) is 16.6 Å². The van der Waals surface area contributed by atoms with Gasteiger partial charge in [0.15, 0.2) is 0 Å². The molecule has 112 valence electrons. The Balaban J connectivity index is 2.14. The van der Waals surface area contributed by atoms with Gasteiger partial charge in [0.1, 0.15) is 0 Å². The molecule has 1 aromatic rings. The molecule has 0 amide bonds. The SMILES string of the molecule is CC1(C)CCCC(NS(=O)(=O)c2cccc(CO)c2)C1. The van der Waals surface area contributed by atoms with Gasteiger partial charge < -0.3 is 5.11 Å². The minimum Gasteiger partial charge on any atom is -0.392 e. The Bertz CT molecular complexity index is 566. The van der Waals surface area contributed by atoms with Crippen LogP contribution in [0, 0.1) is 5.41 Å². The van der Waals surface area contributed by atoms with Crippen molar-refractivity contribution in [3.8, 4) is 0 Å². The predicted molar refractivity (Wildman–Crippen MR) is 78.7 cm³/mol. The Morgan fingerprint density at radius 3 is 2.80 bits per heavy atom. The smallest absolute Gasteiger partial charge is 0.240 e. The van der Waals surface area contributed by atoms with E-state index in [1.165, 1.54) is 6.07 Å². The molecule has 5 heteroatoms. The van der Waals surface area contributed by atoms with Crippen molar-refractivity contribution in [1.82, 2.24) is 4.72 Å². The quantitative estimate of drug-likeness (QED) is 0.897. The average molecular weight is 297 g/mol. The summed E-state index contributed by atoms with van der Waals surface area (Å²) in [5.41, 5.74) is 0.801. The van der Waals surface area contributed by atoms with E-state index in [9.17, 15) is 8.42 Å². The molecule has 0 aliphatic heterocycles. The third-order valence-electron chi connectivity index (χ3n) is 3.92. The van der Waals surface area contributed by atoms with Crippen LogP contribution >= 0.6 is 0 Å². The standard InChI is InChI=1S/C15H23NO3S/c1-15(2)8-4-6-13(10-15)16-20(18,19)14-7-3-5-12(9-14)11-17/h3,5,7,9,13,16-17H,4,6,8,10-11H2,1-2H3. The number of sulfonamides is 1. The monoisotopic (exact) mass is 297 g/mol. The van der Waals surface area contributed by atoms with Crippen molar-refractivity contribution in [2.75, 3.05) is 0 Å². The first-order chi connectivity index (χ1) is 9.32. The van der Waals surface area contributed by atoms with Crippen LogP contribution in [0.25, 0.3) is 0 Å². The minimum absolute atomic E-state index is 0.00142. The molecule has 0 spiro atoms. The fraction of sp³-hybridized carbons (Fsp3) is 0.600. The highest BCUT2D eigenvalue weighted by Crippen LogP contribution is 2.35. The lowest BCUT2D eigenvalue weighted by Crippen LogP contribution is -2.40. The molecule has 0 heterocycles. The van der Waals surface area contributed by atoms with Gasteiger partial charge in [-0.3, -0.25) is 0 Å². The summed E-state index contributed by atoms with van der Waals surface area (Å²) in [7, 11) is -3.50. The molecule has 1 unspecified atom stereocenters. The lowest BCUT2D eigenvalue weighted by Gasteiger charge is -2.35. The van der Waals surface area contributed by atoms with Crippen LogP contribution in [0.4, 0.5) is 0 Å². The van der Waals surface area contributed by atoms with E-state index in [1.54, 1.807) is 18.2 Å². The molecule has 20 heavy (non-hydrogen) atoms. The molecular weight excluding hydrogens is 274 g/mol. The van der Waals surface area contributed by atoms with Crippen LogP contribution in [0.5, 0.6) is 0 Å². The van der Waals surface area contributed by atoms with Gasteiger partial charge in [-0.15, -0.1) is 0 Å². The Morgan fingerprint density at radius 2 is 2.15 bits per heavy atom. The van der Waals surface area contributed by atoms with Crippen molar-refractivity contribution >= 4 is 10.0 Å². The van der Waals surface area contributed by atoms with Crippen LogP contribution in [0.2, 0.25) is 0 Å². The van der Waals surface area contributed by atoms with Crippen molar-refractivity contribution in [3.05, 3.63) is 29.8 Å². The van der Waals surface area contributed by atoms with Crippen LogP contribution in [0.15, 0.2) is 29.2 Å². The first-order valence-corrected chi connectivity index (χ1v) is 8.53. The second-order valence-corrected chi connectivity index (χ2v) is 8.10. The molecule has 1 saturated carbocycles. The van der Waals surface area contributed by atoms with E-state index in [1.807, 2.05) is 0 Å². The van der Waals surface area contributed by atoms with Crippen LogP contribution in [0.3, 0.4) is 0 Å². The highest BCUT2D eigenvalue weighted by Gasteiger charge is 2.30. The molecule has 0 saturated heterocycles. The number of aliphatic hydroxyl groups excluding tert-OH is 1. The average Bonchev–Trinajstić information content (AvgIpc) is 2.37. The summed E-state index contributed by atoms with van der Waals surface area (Å²) in [5, 5.41) is 9.10. The highest BCUT2D eigenvalue weighted by molar-refractivity contribution is 7.89. The van der Waals surface area contributed by atoms with Gasteiger partial charge in [0.05, 0.1) is 11.5 Å². The zero-order valence-corrected chi connectivity index (χ0v) is 12.9. The van der Waals surface area contributed by atoms with Crippen molar-refractivity contribution in [1.29, 1.82) is 0 Å². The fourth-order valence-electron chi connectivity index (χ4n) is 2.90. The normalized spacial score (nSPS) is 22.6. The van der Waals surface area contributed by atoms with E-state index in [4.69, 9.17) is 5.11 Å². The molecule has 1 aliphatic rings. The maximum atomic E-state index is 12.4. The van der Waals surface area contributed by atoms with Gasteiger partial charge in [-0.05, 0) is 42.4 Å². The number of rotatable bonds is 4. The van der Waals surface area contributed by atoms with E-state index in [0.29, 0.717) is 5.56 Å². The number of nitrogens with one attached hydrogen (secondary N) is 1. The van der Waals surface area contributed by atoms with Gasteiger partial charge >= 0.3 is 0 Å². The van der Waals surface area contributed by atoms with E-state index in [0.717, 1.165) is 25.7 Å². The van der Waals surface area contributed by atoms with E-state index >= 15 is 0 Å². The summed E-state index contributed by atoms with van der Waals surface area (Å²) in [6.45, 7) is 4.21.